The van der Waals surface area contributed by atoms with Gasteiger partial charge in [0.2, 0.25) is 0 Å². The van der Waals surface area contributed by atoms with Crippen molar-refractivity contribution < 1.29 is 9.90 Å². The third-order valence-corrected chi connectivity index (χ3v) is 4.52. The molecular weight excluding hydrogens is 246 g/mol. The summed E-state index contributed by atoms with van der Waals surface area (Å²) in [7, 11) is 0. The summed E-state index contributed by atoms with van der Waals surface area (Å²) in [5.41, 5.74) is 1.39. The summed E-state index contributed by atoms with van der Waals surface area (Å²) in [5, 5.41) is 9.41. The first-order valence-corrected chi connectivity index (χ1v) is 7.14. The van der Waals surface area contributed by atoms with E-state index in [0.717, 1.165) is 13.0 Å². The van der Waals surface area contributed by atoms with Gasteiger partial charge in [0.15, 0.2) is 0 Å². The lowest BCUT2D eigenvalue weighted by Gasteiger charge is -2.27. The Bertz CT molecular complexity index is 409. The minimum Gasteiger partial charge on any atom is -0.480 e. The number of carboxylic acid groups (broad SMARTS) is 1. The van der Waals surface area contributed by atoms with Crippen molar-refractivity contribution in [1.29, 1.82) is 0 Å². The minimum atomic E-state index is -0.746. The Labute approximate surface area is 112 Å². The molecule has 0 spiro atoms. The highest BCUT2D eigenvalue weighted by atomic mass is 32.2. The number of hydrogen-bond donors (Lipinski definition) is 1. The second kappa shape index (κ2) is 5.76. The summed E-state index contributed by atoms with van der Waals surface area (Å²) in [5.74, 6) is -0.746. The van der Waals surface area contributed by atoms with Gasteiger partial charge < -0.3 is 5.11 Å². The summed E-state index contributed by atoms with van der Waals surface area (Å²) in [6.45, 7) is 5.07. The van der Waals surface area contributed by atoms with Crippen molar-refractivity contribution in [3.8, 4) is 0 Å². The third kappa shape index (κ3) is 3.27. The van der Waals surface area contributed by atoms with Crippen molar-refractivity contribution in [2.24, 2.45) is 0 Å². The zero-order valence-corrected chi connectivity index (χ0v) is 11.6. The molecule has 3 nitrogen and oxygen atoms in total. The van der Waals surface area contributed by atoms with Crippen LogP contribution in [-0.4, -0.2) is 40.4 Å². The standard InChI is InChI=1S/C14H19NO2S/c1-10(2)15(9-14(16)17)8-12-7-11-5-3-4-6-13(11)18-12/h3-6,10,12H,7-9H2,1-2H3,(H,16,17). The van der Waals surface area contributed by atoms with Crippen molar-refractivity contribution in [3.63, 3.8) is 0 Å². The van der Waals surface area contributed by atoms with E-state index in [-0.39, 0.29) is 12.6 Å². The van der Waals surface area contributed by atoms with Crippen LogP contribution in [0.1, 0.15) is 19.4 Å². The normalized spacial score (nSPS) is 18.3. The molecule has 1 unspecified atom stereocenters. The molecule has 0 saturated carbocycles. The smallest absolute Gasteiger partial charge is 0.317 e. The van der Waals surface area contributed by atoms with Crippen molar-refractivity contribution in [2.75, 3.05) is 13.1 Å². The fourth-order valence-corrected chi connectivity index (χ4v) is 3.60. The monoisotopic (exact) mass is 265 g/mol. The van der Waals surface area contributed by atoms with Crippen LogP contribution >= 0.6 is 11.8 Å². The predicted octanol–water partition coefficient (Wildman–Crippen LogP) is 2.50. The lowest BCUT2D eigenvalue weighted by atomic mass is 10.1. The van der Waals surface area contributed by atoms with Crippen LogP contribution in [0.2, 0.25) is 0 Å². The number of hydrogen-bond acceptors (Lipinski definition) is 3. The fraction of sp³-hybridized carbons (Fsp3) is 0.500. The number of benzene rings is 1. The van der Waals surface area contributed by atoms with Crippen LogP contribution in [0.5, 0.6) is 0 Å². The van der Waals surface area contributed by atoms with Crippen LogP contribution in [0.15, 0.2) is 29.2 Å². The first-order valence-electron chi connectivity index (χ1n) is 6.26. The summed E-state index contributed by atoms with van der Waals surface area (Å²) >= 11 is 1.87. The van der Waals surface area contributed by atoms with E-state index in [1.54, 1.807) is 0 Å². The van der Waals surface area contributed by atoms with E-state index in [9.17, 15) is 4.79 Å². The first kappa shape index (κ1) is 13.4. The van der Waals surface area contributed by atoms with Crippen molar-refractivity contribution in [2.45, 2.75) is 36.5 Å². The van der Waals surface area contributed by atoms with Crippen LogP contribution < -0.4 is 0 Å². The van der Waals surface area contributed by atoms with Gasteiger partial charge >= 0.3 is 5.97 Å². The van der Waals surface area contributed by atoms with E-state index in [0.29, 0.717) is 5.25 Å². The molecule has 1 aromatic carbocycles. The maximum absolute atomic E-state index is 10.9. The summed E-state index contributed by atoms with van der Waals surface area (Å²) in [6, 6.07) is 8.71. The molecule has 0 aromatic heterocycles. The summed E-state index contributed by atoms with van der Waals surface area (Å²) < 4.78 is 0. The molecule has 0 saturated heterocycles. The summed E-state index contributed by atoms with van der Waals surface area (Å²) in [4.78, 5) is 14.2. The molecule has 1 heterocycles. The quantitative estimate of drug-likeness (QED) is 0.888. The highest BCUT2D eigenvalue weighted by Gasteiger charge is 2.25. The Kier molecular flexibility index (Phi) is 4.30. The molecular formula is C14H19NO2S. The molecule has 0 aliphatic carbocycles. The summed E-state index contributed by atoms with van der Waals surface area (Å²) in [6.07, 6.45) is 1.05. The minimum absolute atomic E-state index is 0.130. The lowest BCUT2D eigenvalue weighted by Crippen LogP contribution is -2.40. The topological polar surface area (TPSA) is 40.5 Å². The molecule has 18 heavy (non-hydrogen) atoms. The predicted molar refractivity (Wildman–Crippen MR) is 74.1 cm³/mol. The van der Waals surface area contributed by atoms with E-state index < -0.39 is 5.97 Å². The van der Waals surface area contributed by atoms with Gasteiger partial charge in [-0.2, -0.15) is 0 Å². The fourth-order valence-electron chi connectivity index (χ4n) is 2.25. The number of carboxylic acids is 1. The van der Waals surface area contributed by atoms with E-state index in [4.69, 9.17) is 5.11 Å². The molecule has 1 aliphatic rings. The Morgan fingerprint density at radius 2 is 2.22 bits per heavy atom. The first-order chi connectivity index (χ1) is 8.56. The highest BCUT2D eigenvalue weighted by Crippen LogP contribution is 2.37. The van der Waals surface area contributed by atoms with Crippen LogP contribution in [0.3, 0.4) is 0 Å². The second-order valence-corrected chi connectivity index (χ2v) is 6.31. The number of fused-ring (bicyclic) bond motifs is 1. The molecule has 1 aliphatic heterocycles. The van der Waals surface area contributed by atoms with Crippen LogP contribution in [-0.2, 0) is 11.2 Å². The zero-order chi connectivity index (χ0) is 13.1. The molecule has 1 N–H and O–H groups in total. The molecule has 2 rings (SSSR count). The lowest BCUT2D eigenvalue weighted by molar-refractivity contribution is -0.138. The van der Waals surface area contributed by atoms with Crippen LogP contribution in [0, 0.1) is 0 Å². The Morgan fingerprint density at radius 3 is 2.83 bits per heavy atom. The largest absolute Gasteiger partial charge is 0.480 e. The van der Waals surface area contributed by atoms with Gasteiger partial charge in [0.1, 0.15) is 0 Å². The average Bonchev–Trinajstić information content (AvgIpc) is 2.69. The van der Waals surface area contributed by atoms with Gasteiger partial charge in [0.25, 0.3) is 0 Å². The van der Waals surface area contributed by atoms with Crippen molar-refractivity contribution in [1.82, 2.24) is 4.90 Å². The number of rotatable bonds is 5. The molecule has 1 atom stereocenters. The van der Waals surface area contributed by atoms with Gasteiger partial charge in [0, 0.05) is 22.7 Å². The number of thioether (sulfide) groups is 1. The number of aliphatic carboxylic acids is 1. The van der Waals surface area contributed by atoms with Gasteiger partial charge in [-0.25, -0.2) is 0 Å². The number of nitrogens with zero attached hydrogens (tertiary/aromatic N) is 1. The Balaban J connectivity index is 1.96. The molecule has 1 aromatic rings. The molecule has 0 radical (unpaired) electrons. The van der Waals surface area contributed by atoms with E-state index in [1.807, 2.05) is 16.7 Å². The van der Waals surface area contributed by atoms with E-state index in [2.05, 4.69) is 38.1 Å². The van der Waals surface area contributed by atoms with Gasteiger partial charge in [0.05, 0.1) is 6.54 Å². The van der Waals surface area contributed by atoms with Gasteiger partial charge in [-0.05, 0) is 31.9 Å². The van der Waals surface area contributed by atoms with Crippen LogP contribution in [0.4, 0.5) is 0 Å². The molecule has 0 fully saturated rings. The van der Waals surface area contributed by atoms with Gasteiger partial charge in [-0.15, -0.1) is 11.8 Å². The van der Waals surface area contributed by atoms with Crippen LogP contribution in [0.25, 0.3) is 0 Å². The Morgan fingerprint density at radius 1 is 1.50 bits per heavy atom. The second-order valence-electron chi connectivity index (χ2n) is 4.97. The number of carbonyl (C=O) groups is 1. The molecule has 4 heteroatoms. The van der Waals surface area contributed by atoms with Crippen molar-refractivity contribution >= 4 is 17.7 Å². The zero-order valence-electron chi connectivity index (χ0n) is 10.8. The molecule has 0 amide bonds. The molecule has 98 valence electrons. The maximum atomic E-state index is 10.9. The van der Waals surface area contributed by atoms with E-state index >= 15 is 0 Å². The molecule has 0 bridgehead atoms. The van der Waals surface area contributed by atoms with Gasteiger partial charge in [-0.1, -0.05) is 18.2 Å². The third-order valence-electron chi connectivity index (χ3n) is 3.22. The maximum Gasteiger partial charge on any atom is 0.317 e. The highest BCUT2D eigenvalue weighted by molar-refractivity contribution is 8.00. The van der Waals surface area contributed by atoms with Gasteiger partial charge in [-0.3, -0.25) is 9.69 Å². The average molecular weight is 265 g/mol. The van der Waals surface area contributed by atoms with Crippen molar-refractivity contribution in [3.05, 3.63) is 29.8 Å². The SMILES string of the molecule is CC(C)N(CC(=O)O)CC1Cc2ccccc2S1. The van der Waals surface area contributed by atoms with E-state index in [1.165, 1.54) is 10.5 Å². The Hall–Kier alpha value is -1.00.